The van der Waals surface area contributed by atoms with Gasteiger partial charge in [-0.3, -0.25) is 4.79 Å². The summed E-state index contributed by atoms with van der Waals surface area (Å²) in [7, 11) is 0. The molecule has 0 spiro atoms. The molecule has 0 radical (unpaired) electrons. The number of allylic oxidation sites excluding steroid dienone is 2. The van der Waals surface area contributed by atoms with Crippen molar-refractivity contribution in [3.8, 4) is 0 Å². The zero-order chi connectivity index (χ0) is 16.3. The van der Waals surface area contributed by atoms with Crippen LogP contribution in [0.25, 0.3) is 0 Å². The van der Waals surface area contributed by atoms with Crippen molar-refractivity contribution in [1.29, 1.82) is 0 Å². The van der Waals surface area contributed by atoms with Crippen molar-refractivity contribution in [2.75, 3.05) is 0 Å². The lowest BCUT2D eigenvalue weighted by molar-refractivity contribution is -0.148. The molecular formula is C18H24O4. The highest BCUT2D eigenvalue weighted by molar-refractivity contribution is 5.91. The fraction of sp³-hybridized carbons (Fsp3) is 0.556. The van der Waals surface area contributed by atoms with E-state index in [4.69, 9.17) is 9.47 Å². The highest BCUT2D eigenvalue weighted by atomic mass is 16.6. The molecule has 0 aromatic carbocycles. The lowest BCUT2D eigenvalue weighted by Crippen LogP contribution is -2.26. The van der Waals surface area contributed by atoms with Crippen LogP contribution < -0.4 is 0 Å². The maximum Gasteiger partial charge on any atom is 0.334 e. The summed E-state index contributed by atoms with van der Waals surface area (Å²) in [5.41, 5.74) is 2.70. The van der Waals surface area contributed by atoms with Crippen LogP contribution in [0, 0.1) is 5.92 Å². The van der Waals surface area contributed by atoms with Crippen molar-refractivity contribution in [2.45, 2.75) is 58.7 Å². The summed E-state index contributed by atoms with van der Waals surface area (Å²) in [6, 6.07) is 0. The molecule has 2 aliphatic rings. The average Bonchev–Trinajstić information content (AvgIpc) is 2.73. The summed E-state index contributed by atoms with van der Waals surface area (Å²) < 4.78 is 11.0. The summed E-state index contributed by atoms with van der Waals surface area (Å²) in [6.07, 6.45) is 6.17. The molecule has 3 atom stereocenters. The Kier molecular flexibility index (Phi) is 5.22. The van der Waals surface area contributed by atoms with Crippen LogP contribution in [0.1, 0.15) is 46.5 Å². The summed E-state index contributed by atoms with van der Waals surface area (Å²) in [4.78, 5) is 23.5. The predicted octanol–water partition coefficient (Wildman–Crippen LogP) is 3.48. The molecule has 120 valence electrons. The second kappa shape index (κ2) is 6.95. The quantitative estimate of drug-likeness (QED) is 0.445. The minimum absolute atomic E-state index is 0.140. The molecule has 0 aromatic rings. The van der Waals surface area contributed by atoms with Gasteiger partial charge >= 0.3 is 11.9 Å². The molecule has 0 saturated carbocycles. The standard InChI is InChI=1S/C18H24O4/c1-5-17(19)21-15-10-14-13(4)18(20)22-16(14)9-11(2)7-6-8-12(15)3/h8-9,14-16H,4-7,10H2,1-3H3. The number of esters is 2. The summed E-state index contributed by atoms with van der Waals surface area (Å²) >= 11 is 0. The second-order valence-electron chi connectivity index (χ2n) is 6.07. The fourth-order valence-corrected chi connectivity index (χ4v) is 2.88. The Morgan fingerprint density at radius 3 is 2.86 bits per heavy atom. The van der Waals surface area contributed by atoms with Crippen LogP contribution in [0.5, 0.6) is 0 Å². The lowest BCUT2D eigenvalue weighted by Gasteiger charge is -2.24. The Morgan fingerprint density at radius 1 is 1.45 bits per heavy atom. The van der Waals surface area contributed by atoms with E-state index in [1.165, 1.54) is 5.57 Å². The molecule has 1 heterocycles. The van der Waals surface area contributed by atoms with E-state index in [1.807, 2.05) is 19.9 Å². The normalized spacial score (nSPS) is 29.1. The number of hydrogen-bond donors (Lipinski definition) is 0. The number of hydrogen-bond acceptors (Lipinski definition) is 4. The van der Waals surface area contributed by atoms with Crippen LogP contribution in [-0.2, 0) is 19.1 Å². The van der Waals surface area contributed by atoms with Gasteiger partial charge in [-0.05, 0) is 44.8 Å². The largest absolute Gasteiger partial charge is 0.458 e. The van der Waals surface area contributed by atoms with Gasteiger partial charge in [-0.1, -0.05) is 25.2 Å². The molecule has 22 heavy (non-hydrogen) atoms. The Labute approximate surface area is 131 Å². The smallest absolute Gasteiger partial charge is 0.334 e. The first-order valence-corrected chi connectivity index (χ1v) is 7.85. The van der Waals surface area contributed by atoms with Gasteiger partial charge < -0.3 is 9.47 Å². The van der Waals surface area contributed by atoms with E-state index in [0.717, 1.165) is 18.4 Å². The molecule has 3 unspecified atom stereocenters. The zero-order valence-electron chi connectivity index (χ0n) is 13.6. The molecule has 4 nitrogen and oxygen atoms in total. The minimum Gasteiger partial charge on any atom is -0.458 e. The Hall–Kier alpha value is -1.84. The second-order valence-corrected chi connectivity index (χ2v) is 6.07. The molecular weight excluding hydrogens is 280 g/mol. The van der Waals surface area contributed by atoms with Crippen molar-refractivity contribution in [3.63, 3.8) is 0 Å². The van der Waals surface area contributed by atoms with E-state index in [2.05, 4.69) is 12.7 Å². The van der Waals surface area contributed by atoms with Gasteiger partial charge in [0.05, 0.1) is 0 Å². The predicted molar refractivity (Wildman–Crippen MR) is 84.0 cm³/mol. The van der Waals surface area contributed by atoms with Crippen LogP contribution in [0.2, 0.25) is 0 Å². The van der Waals surface area contributed by atoms with Gasteiger partial charge in [0, 0.05) is 17.9 Å². The molecule has 0 bridgehead atoms. The van der Waals surface area contributed by atoms with Crippen LogP contribution in [0.15, 0.2) is 35.5 Å². The first-order chi connectivity index (χ1) is 10.4. The highest BCUT2D eigenvalue weighted by Crippen LogP contribution is 2.35. The average molecular weight is 304 g/mol. The van der Waals surface area contributed by atoms with Gasteiger partial charge in [0.15, 0.2) is 0 Å². The molecule has 4 heteroatoms. The van der Waals surface area contributed by atoms with Gasteiger partial charge in [0.2, 0.25) is 0 Å². The fourth-order valence-electron chi connectivity index (χ4n) is 2.88. The van der Waals surface area contributed by atoms with Gasteiger partial charge in [-0.15, -0.1) is 0 Å². The molecule has 1 saturated heterocycles. The van der Waals surface area contributed by atoms with Crippen molar-refractivity contribution < 1.29 is 19.1 Å². The van der Waals surface area contributed by atoms with Crippen molar-refractivity contribution in [1.82, 2.24) is 0 Å². The number of rotatable bonds is 2. The van der Waals surface area contributed by atoms with E-state index in [0.29, 0.717) is 18.4 Å². The molecule has 1 aliphatic carbocycles. The van der Waals surface area contributed by atoms with Gasteiger partial charge in [-0.2, -0.15) is 0 Å². The molecule has 1 aliphatic heterocycles. The van der Waals surface area contributed by atoms with Crippen molar-refractivity contribution >= 4 is 11.9 Å². The number of carbonyl (C=O) groups excluding carboxylic acids is 2. The molecule has 2 rings (SSSR count). The third-order valence-corrected chi connectivity index (χ3v) is 4.34. The monoisotopic (exact) mass is 304 g/mol. The molecule has 0 aromatic heterocycles. The first-order valence-electron chi connectivity index (χ1n) is 7.85. The zero-order valence-corrected chi connectivity index (χ0v) is 13.6. The van der Waals surface area contributed by atoms with E-state index in [1.54, 1.807) is 6.92 Å². The lowest BCUT2D eigenvalue weighted by atomic mass is 9.86. The van der Waals surface area contributed by atoms with Crippen molar-refractivity contribution in [2.24, 2.45) is 5.92 Å². The maximum absolute atomic E-state index is 11.8. The first kappa shape index (κ1) is 16.5. The Bertz CT molecular complexity index is 541. The Morgan fingerprint density at radius 2 is 2.18 bits per heavy atom. The van der Waals surface area contributed by atoms with Gasteiger partial charge in [0.1, 0.15) is 12.2 Å². The van der Waals surface area contributed by atoms with Gasteiger partial charge in [-0.25, -0.2) is 4.79 Å². The number of carbonyl (C=O) groups is 2. The van der Waals surface area contributed by atoms with Crippen LogP contribution >= 0.6 is 0 Å². The Balaban J connectivity index is 2.29. The molecule has 1 fully saturated rings. The van der Waals surface area contributed by atoms with Gasteiger partial charge in [0.25, 0.3) is 0 Å². The minimum atomic E-state index is -0.347. The van der Waals surface area contributed by atoms with Crippen LogP contribution in [-0.4, -0.2) is 24.1 Å². The number of fused-ring (bicyclic) bond motifs is 1. The van der Waals surface area contributed by atoms with Crippen LogP contribution in [0.4, 0.5) is 0 Å². The van der Waals surface area contributed by atoms with Crippen LogP contribution in [0.3, 0.4) is 0 Å². The topological polar surface area (TPSA) is 52.6 Å². The number of ether oxygens (including phenoxy) is 2. The molecule has 0 amide bonds. The maximum atomic E-state index is 11.8. The highest BCUT2D eigenvalue weighted by Gasteiger charge is 2.39. The summed E-state index contributed by atoms with van der Waals surface area (Å²) in [6.45, 7) is 9.66. The van der Waals surface area contributed by atoms with E-state index in [-0.39, 0.29) is 30.1 Å². The van der Waals surface area contributed by atoms with E-state index in [9.17, 15) is 9.59 Å². The van der Waals surface area contributed by atoms with E-state index >= 15 is 0 Å². The van der Waals surface area contributed by atoms with Crippen molar-refractivity contribution in [3.05, 3.63) is 35.5 Å². The molecule has 0 N–H and O–H groups in total. The summed E-state index contributed by atoms with van der Waals surface area (Å²) in [5, 5.41) is 0. The third kappa shape index (κ3) is 3.67. The summed E-state index contributed by atoms with van der Waals surface area (Å²) in [5.74, 6) is -0.715. The van der Waals surface area contributed by atoms with E-state index < -0.39 is 0 Å². The SMILES string of the molecule is C=C1C(=O)OC2C=C(C)CCC=C(C)C(OC(=O)CC)CC12. The third-order valence-electron chi connectivity index (χ3n) is 4.34.